The molecular weight excluding hydrogens is 452 g/mol. The Balaban J connectivity index is 1.30. The summed E-state index contributed by atoms with van der Waals surface area (Å²) in [6.07, 6.45) is 11.0. The van der Waals surface area contributed by atoms with E-state index in [1.165, 1.54) is 24.8 Å². The molecule has 4 fully saturated rings. The minimum absolute atomic E-state index is 0.0219. The van der Waals surface area contributed by atoms with E-state index >= 15 is 0 Å². The van der Waals surface area contributed by atoms with Gasteiger partial charge in [-0.3, -0.25) is 9.69 Å². The third-order valence-corrected chi connectivity index (χ3v) is 9.88. The van der Waals surface area contributed by atoms with Crippen molar-refractivity contribution in [2.24, 2.45) is 5.92 Å². The minimum atomic E-state index is -0.779. The minimum Gasteiger partial charge on any atom is -0.388 e. The molecule has 0 aromatic heterocycles. The maximum atomic E-state index is 13.7. The first kappa shape index (κ1) is 25.5. The molecule has 7 heteroatoms. The molecule has 1 saturated heterocycles. The highest BCUT2D eigenvalue weighted by atomic mass is 16.3. The fraction of sp³-hybridized carbons (Fsp3) is 0.724. The van der Waals surface area contributed by atoms with Crippen LogP contribution in [-0.2, 0) is 10.3 Å². The van der Waals surface area contributed by atoms with Crippen LogP contribution in [0.3, 0.4) is 0 Å². The van der Waals surface area contributed by atoms with Gasteiger partial charge in [0.15, 0.2) is 0 Å². The number of amides is 3. The smallest absolute Gasteiger partial charge is 0.321 e. The average molecular weight is 497 g/mol. The lowest BCUT2D eigenvalue weighted by atomic mass is 9.68. The Labute approximate surface area is 216 Å². The van der Waals surface area contributed by atoms with Gasteiger partial charge in [0.05, 0.1) is 11.1 Å². The second kappa shape index (κ2) is 9.97. The van der Waals surface area contributed by atoms with Gasteiger partial charge in [-0.1, -0.05) is 49.6 Å². The van der Waals surface area contributed by atoms with Gasteiger partial charge in [0.1, 0.15) is 6.54 Å². The van der Waals surface area contributed by atoms with Gasteiger partial charge in [0.2, 0.25) is 5.91 Å². The van der Waals surface area contributed by atoms with Crippen molar-refractivity contribution in [3.8, 4) is 0 Å². The number of rotatable bonds is 8. The van der Waals surface area contributed by atoms with Crippen LogP contribution in [0.15, 0.2) is 30.3 Å². The highest BCUT2D eigenvalue weighted by Gasteiger charge is 2.55. The molecule has 0 bridgehead atoms. The molecule has 1 heterocycles. The number of nitrogens with one attached hydrogen (secondary N) is 1. The first-order valence-corrected chi connectivity index (χ1v) is 14.0. The number of carbonyl (C=O) groups excluding carboxylic acids is 2. The molecule has 3 amide bonds. The summed E-state index contributed by atoms with van der Waals surface area (Å²) in [6.45, 7) is 1.80. The van der Waals surface area contributed by atoms with Crippen LogP contribution in [0.1, 0.15) is 76.2 Å². The van der Waals surface area contributed by atoms with E-state index in [-0.39, 0.29) is 36.1 Å². The van der Waals surface area contributed by atoms with Crippen molar-refractivity contribution in [3.05, 3.63) is 35.9 Å². The molecule has 0 atom stereocenters. The van der Waals surface area contributed by atoms with Crippen molar-refractivity contribution in [3.63, 3.8) is 0 Å². The fourth-order valence-corrected chi connectivity index (χ4v) is 7.21. The zero-order valence-electron chi connectivity index (χ0n) is 22.2. The van der Waals surface area contributed by atoms with Crippen LogP contribution in [-0.4, -0.2) is 83.2 Å². The van der Waals surface area contributed by atoms with Crippen LogP contribution in [0.4, 0.5) is 4.79 Å². The van der Waals surface area contributed by atoms with Crippen LogP contribution in [0, 0.1) is 5.92 Å². The van der Waals surface area contributed by atoms with Gasteiger partial charge < -0.3 is 20.2 Å². The van der Waals surface area contributed by atoms with Gasteiger partial charge in [0, 0.05) is 25.2 Å². The Morgan fingerprint density at radius 3 is 2.28 bits per heavy atom. The molecule has 36 heavy (non-hydrogen) atoms. The van der Waals surface area contributed by atoms with Gasteiger partial charge in [-0.2, -0.15) is 0 Å². The predicted octanol–water partition coefficient (Wildman–Crippen LogP) is 3.72. The van der Waals surface area contributed by atoms with Crippen molar-refractivity contribution in [2.75, 3.05) is 40.3 Å². The van der Waals surface area contributed by atoms with Gasteiger partial charge in [-0.05, 0) is 76.9 Å². The summed E-state index contributed by atoms with van der Waals surface area (Å²) in [4.78, 5) is 32.8. The first-order chi connectivity index (χ1) is 17.3. The topological polar surface area (TPSA) is 76.1 Å². The SMILES string of the molecule is CN(C)C1(c2ccccc2)CCC2(CC1)CN(CC(=O)NCC1(O)CCCC1)C(=O)N2CC1CCC1. The lowest BCUT2D eigenvalue weighted by molar-refractivity contribution is -0.122. The number of carbonyl (C=O) groups is 2. The summed E-state index contributed by atoms with van der Waals surface area (Å²) in [7, 11) is 4.34. The summed E-state index contributed by atoms with van der Waals surface area (Å²) in [5.74, 6) is 0.429. The van der Waals surface area contributed by atoms with Crippen LogP contribution in [0.2, 0.25) is 0 Å². The third-order valence-electron chi connectivity index (χ3n) is 9.88. The molecule has 3 aliphatic carbocycles. The van der Waals surface area contributed by atoms with Crippen molar-refractivity contribution < 1.29 is 14.7 Å². The summed E-state index contributed by atoms with van der Waals surface area (Å²) >= 11 is 0. The quantitative estimate of drug-likeness (QED) is 0.575. The Kier molecular flexibility index (Phi) is 7.07. The van der Waals surface area contributed by atoms with Crippen molar-refractivity contribution in [1.29, 1.82) is 0 Å². The Bertz CT molecular complexity index is 931. The summed E-state index contributed by atoms with van der Waals surface area (Å²) in [5, 5.41) is 13.5. The maximum Gasteiger partial charge on any atom is 0.321 e. The zero-order valence-corrected chi connectivity index (χ0v) is 22.2. The summed E-state index contributed by atoms with van der Waals surface area (Å²) < 4.78 is 0. The average Bonchev–Trinajstić information content (AvgIpc) is 3.38. The van der Waals surface area contributed by atoms with E-state index in [0.29, 0.717) is 12.5 Å². The Hall–Kier alpha value is -2.12. The van der Waals surface area contributed by atoms with E-state index < -0.39 is 5.60 Å². The molecular formula is C29H44N4O3. The number of hydrogen-bond acceptors (Lipinski definition) is 4. The molecule has 1 spiro atoms. The Morgan fingerprint density at radius 1 is 1.03 bits per heavy atom. The second-order valence-electron chi connectivity index (χ2n) is 12.3. The lowest BCUT2D eigenvalue weighted by Crippen LogP contribution is -2.56. The summed E-state index contributed by atoms with van der Waals surface area (Å²) in [6, 6.07) is 10.8. The van der Waals surface area contributed by atoms with E-state index in [0.717, 1.165) is 57.9 Å². The number of aliphatic hydroxyl groups is 1. The third kappa shape index (κ3) is 4.76. The second-order valence-corrected chi connectivity index (χ2v) is 12.3. The normalized spacial score (nSPS) is 30.3. The van der Waals surface area contributed by atoms with E-state index in [4.69, 9.17) is 0 Å². The highest BCUT2D eigenvalue weighted by molar-refractivity contribution is 5.86. The van der Waals surface area contributed by atoms with E-state index in [2.05, 4.69) is 59.5 Å². The molecule has 1 aliphatic heterocycles. The van der Waals surface area contributed by atoms with Gasteiger partial charge in [-0.25, -0.2) is 4.79 Å². The zero-order chi connectivity index (χ0) is 25.4. The van der Waals surface area contributed by atoms with E-state index in [1.54, 1.807) is 4.90 Å². The van der Waals surface area contributed by atoms with Gasteiger partial charge in [0.25, 0.3) is 0 Å². The van der Waals surface area contributed by atoms with E-state index in [1.807, 2.05) is 0 Å². The molecule has 5 rings (SSSR count). The van der Waals surface area contributed by atoms with Crippen molar-refractivity contribution in [2.45, 2.75) is 87.3 Å². The number of urea groups is 1. The lowest BCUT2D eigenvalue weighted by Gasteiger charge is -2.51. The van der Waals surface area contributed by atoms with Crippen LogP contribution >= 0.6 is 0 Å². The van der Waals surface area contributed by atoms with Gasteiger partial charge in [-0.15, -0.1) is 0 Å². The van der Waals surface area contributed by atoms with Crippen molar-refractivity contribution in [1.82, 2.24) is 20.0 Å². The monoisotopic (exact) mass is 496 g/mol. The van der Waals surface area contributed by atoms with Crippen molar-refractivity contribution >= 4 is 11.9 Å². The summed E-state index contributed by atoms with van der Waals surface area (Å²) in [5.41, 5.74) is 0.337. The van der Waals surface area contributed by atoms with Crippen LogP contribution in [0.25, 0.3) is 0 Å². The fourth-order valence-electron chi connectivity index (χ4n) is 7.21. The molecule has 0 unspecified atom stereocenters. The first-order valence-electron chi connectivity index (χ1n) is 14.0. The van der Waals surface area contributed by atoms with Crippen LogP contribution < -0.4 is 5.32 Å². The molecule has 3 saturated carbocycles. The number of hydrogen-bond donors (Lipinski definition) is 2. The largest absolute Gasteiger partial charge is 0.388 e. The Morgan fingerprint density at radius 2 is 1.69 bits per heavy atom. The standard InChI is InChI=1S/C29H44N4O3/c1-31(2)29(24-11-4-3-5-12-24)17-15-27(16-18-29)22-32(26(35)33(27)19-23-9-8-10-23)20-25(34)30-21-28(36)13-6-7-14-28/h3-5,11-12,23,36H,6-10,13-22H2,1-2H3,(H,30,34). The maximum absolute atomic E-state index is 13.7. The number of benzene rings is 1. The number of nitrogens with zero attached hydrogens (tertiary/aromatic N) is 3. The highest BCUT2D eigenvalue weighted by Crippen LogP contribution is 2.49. The molecule has 7 nitrogen and oxygen atoms in total. The molecule has 1 aromatic rings. The molecule has 2 N–H and O–H groups in total. The molecule has 198 valence electrons. The van der Waals surface area contributed by atoms with Gasteiger partial charge >= 0.3 is 6.03 Å². The molecule has 4 aliphatic rings. The predicted molar refractivity (Wildman–Crippen MR) is 140 cm³/mol. The van der Waals surface area contributed by atoms with E-state index in [9.17, 15) is 14.7 Å². The van der Waals surface area contributed by atoms with Crippen LogP contribution in [0.5, 0.6) is 0 Å². The molecule has 0 radical (unpaired) electrons. The molecule has 1 aromatic carbocycles.